The quantitative estimate of drug-likeness (QED) is 0.0288. The molecule has 15 aromatic rings. The van der Waals surface area contributed by atoms with Crippen LogP contribution in [0.5, 0.6) is 46.0 Å². The van der Waals surface area contributed by atoms with E-state index in [-0.39, 0.29) is 23.7 Å². The van der Waals surface area contributed by atoms with Gasteiger partial charge in [-0.3, -0.25) is 0 Å². The van der Waals surface area contributed by atoms with Crippen LogP contribution in [-0.4, -0.2) is 110 Å². The van der Waals surface area contributed by atoms with Crippen LogP contribution in [0.2, 0.25) is 0 Å². The number of H-pyrrole nitrogens is 1. The molecule has 0 radical (unpaired) electrons. The standard InChI is InChI=1S/C104H124N12O9S4/c1-21-111-65-33-25-30-38-70(65)127-94-81(111)85(117-49-41-57(5)6)73-76(90(94)122-54-46-62(15)16)100-106-97(73)105-98-75-74(86(118-50-42-58(7)8)82-93(89(75)121-53-45-61(13)14)126-69-37-29-26-34-66(69)112(82)22-2)99(107-98)108-102-79-78(88(120-52-44-60(11)12)84-95(91(79)123-55-47-63(17)18)128-71-39-31-28-36-68(71)114(84)24-4)103-110-104-80-77(101(109-100)115(104)125-116(102)103)87(119-51-43-59(9)10)83-96(92(80)124-56-48-64(19)20)129-72-40-32-27-35-67(72)113(83)23-3/h25-40,57-64H,21-24,41-56H2,1-20H3/p+1. The fourth-order valence-corrected chi connectivity index (χ4v) is 22.6. The van der Waals surface area contributed by atoms with Gasteiger partial charge in [-0.15, -0.1) is 27.7 Å². The van der Waals surface area contributed by atoms with Crippen molar-refractivity contribution in [2.24, 2.45) is 47.3 Å². The van der Waals surface area contributed by atoms with Crippen molar-refractivity contribution >= 4 is 176 Å². The summed E-state index contributed by atoms with van der Waals surface area (Å²) in [5.74, 6) is 7.88. The molecule has 25 heteroatoms. The molecule has 8 aromatic carbocycles. The van der Waals surface area contributed by atoms with Crippen LogP contribution in [0.25, 0.3) is 130 Å². The third kappa shape index (κ3) is 16.4. The van der Waals surface area contributed by atoms with Gasteiger partial charge < -0.3 is 61.8 Å². The average Bonchev–Trinajstić information content (AvgIpc) is 1.49. The third-order valence-electron chi connectivity index (χ3n) is 24.8. The molecule has 129 heavy (non-hydrogen) atoms. The van der Waals surface area contributed by atoms with E-state index >= 15 is 0 Å². The Morgan fingerprint density at radius 3 is 1.19 bits per heavy atom. The molecule has 0 fully saturated rings. The molecule has 10 heterocycles. The van der Waals surface area contributed by atoms with E-state index in [0.29, 0.717) is 238 Å². The fourth-order valence-electron chi connectivity index (χ4n) is 17.8. The Bertz CT molecular complexity index is 6940. The van der Waals surface area contributed by atoms with Crippen LogP contribution in [0.1, 0.15) is 190 Å². The Morgan fingerprint density at radius 1 is 0.349 bits per heavy atom. The zero-order valence-electron chi connectivity index (χ0n) is 78.7. The first-order valence-corrected chi connectivity index (χ1v) is 50.5. The van der Waals surface area contributed by atoms with Crippen molar-refractivity contribution < 1.29 is 47.1 Å². The van der Waals surface area contributed by atoms with Crippen molar-refractivity contribution in [3.05, 3.63) is 97.1 Å². The summed E-state index contributed by atoms with van der Waals surface area (Å²) in [5.41, 5.74) is 11.2. The molecule has 0 amide bonds. The first-order valence-electron chi connectivity index (χ1n) is 47.3. The highest BCUT2D eigenvalue weighted by Crippen LogP contribution is 2.65. The van der Waals surface area contributed by atoms with E-state index in [4.69, 9.17) is 67.4 Å². The normalized spacial score (nSPS) is 13.1. The van der Waals surface area contributed by atoms with Gasteiger partial charge in [-0.25, -0.2) is 9.97 Å². The number of benzene rings is 8. The lowest BCUT2D eigenvalue weighted by Gasteiger charge is -2.35. The van der Waals surface area contributed by atoms with Crippen molar-refractivity contribution in [2.45, 2.75) is 223 Å². The van der Waals surface area contributed by atoms with Gasteiger partial charge in [0.1, 0.15) is 55.7 Å². The lowest BCUT2D eigenvalue weighted by atomic mass is 10.0. The highest BCUT2D eigenvalue weighted by atomic mass is 32.2. The summed E-state index contributed by atoms with van der Waals surface area (Å²) >= 11 is 6.77. The molecule has 0 unspecified atom stereocenters. The Kier molecular flexibility index (Phi) is 25.9. The number of ether oxygens (including phenoxy) is 8. The molecule has 21 nitrogen and oxygen atoms in total. The minimum atomic E-state index is 0.282. The predicted octanol–water partition coefficient (Wildman–Crippen LogP) is 28.3. The number of aromatic nitrogens is 10. The smallest absolute Gasteiger partial charge is 0.287 e. The predicted molar refractivity (Wildman–Crippen MR) is 533 cm³/mol. The van der Waals surface area contributed by atoms with Gasteiger partial charge in [-0.05, 0) is 184 Å². The molecular weight excluding hydrogens is 1690 g/mol. The van der Waals surface area contributed by atoms with Crippen LogP contribution in [0.4, 0.5) is 22.7 Å². The number of nitrogens with zero attached hydrogens (tertiary/aromatic N) is 11. The van der Waals surface area contributed by atoms with Gasteiger partial charge in [0, 0.05) is 36.0 Å². The van der Waals surface area contributed by atoms with E-state index < -0.39 is 0 Å². The van der Waals surface area contributed by atoms with E-state index in [9.17, 15) is 0 Å². The lowest BCUT2D eigenvalue weighted by molar-refractivity contribution is -0.717. The SMILES string of the molecule is CCN1c2ccccc2Sc2c(OCCC(C)C)c3c(c(OCCC(C)C)c21)-c1nc-3nc2c3c(OCCC(C)C)c4c(sc5ccccc5n4CC)c(OCCC(C)C)c3c3nc4c5c(OCCC(C)C)c6c(sc7ccccc7n6CC)c(OCCC(C)C)c5c(nc5[nH]c(n1)c1c(OCCC(C)C)c6c(c(OCCC(C)C)c51)N(CC)c1ccccc1S6)[n+]4on32. The summed E-state index contributed by atoms with van der Waals surface area (Å²) in [6.07, 6.45) is 6.04. The largest absolute Gasteiger partial charge is 0.492 e. The monoisotopic (exact) mass is 1810 g/mol. The number of anilines is 4. The van der Waals surface area contributed by atoms with Gasteiger partial charge in [0.25, 0.3) is 16.9 Å². The Morgan fingerprint density at radius 2 is 0.705 bits per heavy atom. The summed E-state index contributed by atoms with van der Waals surface area (Å²) in [6.45, 7) is 50.2. The molecule has 6 bridgehead atoms. The van der Waals surface area contributed by atoms with Gasteiger partial charge in [-0.2, -0.15) is 9.61 Å². The maximum Gasteiger partial charge on any atom is 0.287 e. The Labute approximate surface area is 772 Å². The van der Waals surface area contributed by atoms with Crippen LogP contribution in [0.15, 0.2) is 121 Å². The fraction of sp³-hybridized carbons (Fsp3) is 0.462. The molecule has 0 saturated heterocycles. The number of aromatic amines is 1. The van der Waals surface area contributed by atoms with E-state index in [2.05, 4.69) is 259 Å². The summed E-state index contributed by atoms with van der Waals surface area (Å²) < 4.78 is 82.7. The molecule has 3 aliphatic rings. The molecule has 0 saturated carbocycles. The highest BCUT2D eigenvalue weighted by Gasteiger charge is 2.44. The number of para-hydroxylation sites is 4. The highest BCUT2D eigenvalue weighted by molar-refractivity contribution is 8.00. The topological polar surface area (TPSA) is 192 Å². The van der Waals surface area contributed by atoms with E-state index in [1.165, 1.54) is 0 Å². The van der Waals surface area contributed by atoms with Gasteiger partial charge in [0.2, 0.25) is 11.3 Å². The van der Waals surface area contributed by atoms with Crippen LogP contribution in [0.3, 0.4) is 0 Å². The number of aryl methyl sites for hydroxylation is 2. The molecule has 0 atom stereocenters. The molecule has 0 spiro atoms. The van der Waals surface area contributed by atoms with Gasteiger partial charge >= 0.3 is 0 Å². The number of nitrogens with one attached hydrogen (secondary N) is 1. The number of hydrogen-bond acceptors (Lipinski definition) is 20. The van der Waals surface area contributed by atoms with E-state index in [1.54, 1.807) is 50.8 Å². The first-order chi connectivity index (χ1) is 62.5. The van der Waals surface area contributed by atoms with Crippen molar-refractivity contribution in [3.8, 4) is 68.8 Å². The third-order valence-corrected chi connectivity index (χ3v) is 29.4. The Balaban J connectivity index is 1.17. The number of rotatable bonds is 36. The summed E-state index contributed by atoms with van der Waals surface area (Å²) in [4.78, 5) is 44.3. The second kappa shape index (κ2) is 37.5. The van der Waals surface area contributed by atoms with E-state index in [0.717, 1.165) is 135 Å². The van der Waals surface area contributed by atoms with Crippen molar-refractivity contribution in [1.29, 1.82) is 0 Å². The zero-order chi connectivity index (χ0) is 90.1. The minimum absolute atomic E-state index is 0.282. The Hall–Kier alpha value is -10.3. The molecule has 678 valence electrons. The number of fused-ring (bicyclic) bond motifs is 24. The van der Waals surface area contributed by atoms with Crippen molar-refractivity contribution in [3.63, 3.8) is 0 Å². The number of hydrogen-bond donors (Lipinski definition) is 1. The van der Waals surface area contributed by atoms with Crippen molar-refractivity contribution in [2.75, 3.05) is 75.7 Å². The molecule has 1 N–H and O–H groups in total. The summed E-state index contributed by atoms with van der Waals surface area (Å²) in [7, 11) is 0. The van der Waals surface area contributed by atoms with Gasteiger partial charge in [-0.1, -0.05) is 188 Å². The zero-order valence-corrected chi connectivity index (χ0v) is 82.0. The van der Waals surface area contributed by atoms with Crippen LogP contribution < -0.4 is 52.3 Å². The van der Waals surface area contributed by atoms with Crippen LogP contribution in [0, 0.1) is 47.3 Å². The molecule has 3 aliphatic heterocycles. The van der Waals surface area contributed by atoms with Gasteiger partial charge in [0.05, 0.1) is 131 Å². The first kappa shape index (κ1) is 89.3. The second-order valence-corrected chi connectivity index (χ2v) is 42.1. The lowest BCUT2D eigenvalue weighted by Crippen LogP contribution is -2.23. The molecule has 18 rings (SSSR count). The maximum atomic E-state index is 8.38. The molecule has 7 aromatic heterocycles. The molecular formula is C104H125N12O9S4+. The summed E-state index contributed by atoms with van der Waals surface area (Å²) in [5, 5.41) is 3.83. The molecule has 0 aliphatic carbocycles. The second-order valence-electron chi connectivity index (χ2n) is 37.8. The van der Waals surface area contributed by atoms with Crippen LogP contribution >= 0.6 is 46.2 Å². The van der Waals surface area contributed by atoms with E-state index in [1.807, 2.05) is 4.57 Å². The van der Waals surface area contributed by atoms with Gasteiger partial charge in [0.15, 0.2) is 46.1 Å². The average molecular weight is 1820 g/mol. The summed E-state index contributed by atoms with van der Waals surface area (Å²) in [6, 6.07) is 34.7. The van der Waals surface area contributed by atoms with Crippen molar-refractivity contribution in [1.82, 2.24) is 43.6 Å². The minimum Gasteiger partial charge on any atom is -0.492 e. The van der Waals surface area contributed by atoms with Crippen LogP contribution in [-0.2, 0) is 13.1 Å². The maximum absolute atomic E-state index is 8.38.